The number of anilines is 1. The minimum Gasteiger partial charge on any atom is -0.395 e. The number of aryl methyl sites for hydroxylation is 2. The lowest BCUT2D eigenvalue weighted by atomic mass is 9.95. The monoisotopic (exact) mass is 607 g/mol. The van der Waals surface area contributed by atoms with Crippen LogP contribution < -0.4 is 10.6 Å². The number of ether oxygens (including phenoxy) is 1. The maximum Gasteiger partial charge on any atom is 0.246 e. The summed E-state index contributed by atoms with van der Waals surface area (Å²) in [5, 5.41) is 25.1. The van der Waals surface area contributed by atoms with Crippen LogP contribution in [0.2, 0.25) is 18.6 Å². The molecule has 1 amide bonds. The molecule has 2 aromatic carbocycles. The number of aliphatic hydroxyl groups excluding tert-OH is 1. The van der Waals surface area contributed by atoms with Crippen LogP contribution in [0.3, 0.4) is 0 Å². The SMILES string of the molecule is C[C@H]1[C@H]([Si](C)(C)F)[C@@H](CCn2cc(C(CO)c3ccccc3)nn2)O[C@H]1CCc1cccc(NC(=O)C2CCCNC2)c1. The van der Waals surface area contributed by atoms with Gasteiger partial charge in [-0.15, -0.1) is 5.10 Å². The first kappa shape index (κ1) is 31.5. The molecule has 10 heteroatoms. The van der Waals surface area contributed by atoms with E-state index in [9.17, 15) is 9.90 Å². The number of piperidine rings is 1. The summed E-state index contributed by atoms with van der Waals surface area (Å²) in [6.45, 7) is 7.95. The number of carbonyl (C=O) groups excluding carboxylic acids is 1. The van der Waals surface area contributed by atoms with Crippen LogP contribution in [0.4, 0.5) is 9.80 Å². The first-order chi connectivity index (χ1) is 20.7. The van der Waals surface area contributed by atoms with E-state index in [2.05, 4.69) is 33.9 Å². The van der Waals surface area contributed by atoms with Crippen LogP contribution >= 0.6 is 0 Å². The van der Waals surface area contributed by atoms with Gasteiger partial charge in [-0.3, -0.25) is 9.48 Å². The van der Waals surface area contributed by atoms with E-state index in [0.29, 0.717) is 13.0 Å². The van der Waals surface area contributed by atoms with Gasteiger partial charge in [0.15, 0.2) is 0 Å². The first-order valence-corrected chi connectivity index (χ1v) is 18.7. The molecular weight excluding hydrogens is 561 g/mol. The van der Waals surface area contributed by atoms with Crippen molar-refractivity contribution in [2.75, 3.05) is 25.0 Å². The average Bonchev–Trinajstić information content (AvgIpc) is 3.60. The van der Waals surface area contributed by atoms with Gasteiger partial charge >= 0.3 is 0 Å². The Morgan fingerprint density at radius 2 is 2.00 bits per heavy atom. The van der Waals surface area contributed by atoms with Crippen molar-refractivity contribution in [2.45, 2.75) is 82.3 Å². The molecule has 0 radical (unpaired) electrons. The van der Waals surface area contributed by atoms with Gasteiger partial charge in [-0.1, -0.05) is 54.6 Å². The van der Waals surface area contributed by atoms with E-state index in [1.807, 2.05) is 54.7 Å². The summed E-state index contributed by atoms with van der Waals surface area (Å²) < 4.78 is 24.1. The van der Waals surface area contributed by atoms with Gasteiger partial charge in [0, 0.05) is 30.5 Å². The van der Waals surface area contributed by atoms with Crippen LogP contribution in [-0.4, -0.2) is 66.3 Å². The maximum atomic E-state index is 15.7. The second-order valence-corrected chi connectivity index (χ2v) is 16.6. The second-order valence-electron chi connectivity index (χ2n) is 12.8. The fourth-order valence-corrected chi connectivity index (χ4v) is 9.57. The van der Waals surface area contributed by atoms with Gasteiger partial charge in [0.2, 0.25) is 14.3 Å². The fraction of sp³-hybridized carbons (Fsp3) is 0.545. The number of aromatic nitrogens is 3. The zero-order chi connectivity index (χ0) is 30.4. The molecule has 0 bridgehead atoms. The smallest absolute Gasteiger partial charge is 0.246 e. The summed E-state index contributed by atoms with van der Waals surface area (Å²) in [5.74, 6) is -0.0368. The molecule has 2 aliphatic heterocycles. The molecule has 0 spiro atoms. The highest BCUT2D eigenvalue weighted by atomic mass is 28.4. The highest BCUT2D eigenvalue weighted by Crippen LogP contribution is 2.47. The molecule has 232 valence electrons. The maximum absolute atomic E-state index is 15.7. The number of nitrogens with one attached hydrogen (secondary N) is 2. The Morgan fingerprint density at radius 3 is 2.72 bits per heavy atom. The predicted molar refractivity (Wildman–Crippen MR) is 169 cm³/mol. The third-order valence-corrected chi connectivity index (χ3v) is 11.7. The summed E-state index contributed by atoms with van der Waals surface area (Å²) in [6.07, 6.45) is 5.85. The Morgan fingerprint density at radius 1 is 1.19 bits per heavy atom. The van der Waals surface area contributed by atoms with Crippen molar-refractivity contribution in [3.8, 4) is 0 Å². The molecule has 5 rings (SSSR count). The summed E-state index contributed by atoms with van der Waals surface area (Å²) in [5.41, 5.74) is 3.57. The lowest BCUT2D eigenvalue weighted by Gasteiger charge is -2.28. The van der Waals surface area contributed by atoms with Gasteiger partial charge in [0.25, 0.3) is 0 Å². The molecule has 2 saturated heterocycles. The number of carbonyl (C=O) groups is 1. The van der Waals surface area contributed by atoms with Crippen molar-refractivity contribution in [1.82, 2.24) is 20.3 Å². The molecule has 6 atom stereocenters. The van der Waals surface area contributed by atoms with Crippen LogP contribution in [0.5, 0.6) is 0 Å². The number of nitrogens with zero attached hydrogens (tertiary/aromatic N) is 3. The lowest BCUT2D eigenvalue weighted by Crippen LogP contribution is -2.37. The number of amides is 1. The second kappa shape index (κ2) is 14.2. The normalized spacial score (nSPS) is 25.0. The molecule has 3 N–H and O–H groups in total. The van der Waals surface area contributed by atoms with Crippen LogP contribution in [0, 0.1) is 11.8 Å². The van der Waals surface area contributed by atoms with Crippen molar-refractivity contribution in [3.05, 3.63) is 77.6 Å². The summed E-state index contributed by atoms with van der Waals surface area (Å²) in [6, 6.07) is 17.9. The van der Waals surface area contributed by atoms with Gasteiger partial charge in [-0.2, -0.15) is 0 Å². The van der Waals surface area contributed by atoms with Crippen LogP contribution in [0.15, 0.2) is 60.8 Å². The number of hydrogen-bond acceptors (Lipinski definition) is 6. The van der Waals surface area contributed by atoms with Gasteiger partial charge in [0.1, 0.15) is 0 Å². The molecule has 2 fully saturated rings. The van der Waals surface area contributed by atoms with Crippen molar-refractivity contribution in [3.63, 3.8) is 0 Å². The molecule has 3 heterocycles. The van der Waals surface area contributed by atoms with E-state index in [1.165, 1.54) is 0 Å². The van der Waals surface area contributed by atoms with E-state index in [0.717, 1.165) is 61.3 Å². The highest BCUT2D eigenvalue weighted by molar-refractivity contribution is 6.72. The minimum atomic E-state index is -3.00. The van der Waals surface area contributed by atoms with Crippen LogP contribution in [0.25, 0.3) is 0 Å². The van der Waals surface area contributed by atoms with Crippen molar-refractivity contribution < 1.29 is 18.7 Å². The van der Waals surface area contributed by atoms with E-state index >= 15 is 4.11 Å². The van der Waals surface area contributed by atoms with Gasteiger partial charge < -0.3 is 24.6 Å². The molecule has 2 unspecified atom stereocenters. The molecule has 0 saturated carbocycles. The Kier molecular flexibility index (Phi) is 10.4. The van der Waals surface area contributed by atoms with Crippen molar-refractivity contribution >= 4 is 20.0 Å². The van der Waals surface area contributed by atoms with Crippen LogP contribution in [0.1, 0.15) is 55.3 Å². The average molecular weight is 608 g/mol. The standard InChI is InChI=1S/C33H46FN5O3Si/c1-23-30(15-14-24-9-7-13-27(19-24)36-33(41)26-12-8-17-35-20-26)42-31(32(23)43(2,3)34)16-18-39-21-29(37-38-39)28(22-40)25-10-5-4-6-11-25/h4-7,9-11,13,19,21,23,26,28,30-32,35,40H,8,12,14-18,20,22H2,1-3H3,(H,36,41)/t23-,26?,28?,30+,31-,32+/m1/s1. The minimum absolute atomic E-state index is 0.0105. The Hall–Kier alpha value is -2.92. The topological polar surface area (TPSA) is 101 Å². The van der Waals surface area contributed by atoms with E-state index < -0.39 is 8.41 Å². The van der Waals surface area contributed by atoms with E-state index in [4.69, 9.17) is 4.74 Å². The Balaban J connectivity index is 1.18. The summed E-state index contributed by atoms with van der Waals surface area (Å²) in [4.78, 5) is 12.7. The molecule has 3 aromatic rings. The first-order valence-electron chi connectivity index (χ1n) is 15.7. The molecule has 0 aliphatic carbocycles. The lowest BCUT2D eigenvalue weighted by molar-refractivity contribution is -0.120. The van der Waals surface area contributed by atoms with Gasteiger partial charge in [-0.25, -0.2) is 0 Å². The summed E-state index contributed by atoms with van der Waals surface area (Å²) >= 11 is 0. The molecule has 2 aliphatic rings. The van der Waals surface area contributed by atoms with Crippen LogP contribution in [-0.2, 0) is 22.5 Å². The van der Waals surface area contributed by atoms with Gasteiger partial charge in [0.05, 0.1) is 36.3 Å². The van der Waals surface area contributed by atoms with E-state index in [1.54, 1.807) is 17.8 Å². The Bertz CT molecular complexity index is 1330. The summed E-state index contributed by atoms with van der Waals surface area (Å²) in [7, 11) is -3.00. The largest absolute Gasteiger partial charge is 0.395 e. The van der Waals surface area contributed by atoms with E-state index in [-0.39, 0.29) is 48.0 Å². The number of rotatable bonds is 12. The number of hydrogen-bond donors (Lipinski definition) is 3. The molecule has 43 heavy (non-hydrogen) atoms. The quantitative estimate of drug-likeness (QED) is 0.191. The number of halogens is 1. The molecule has 8 nitrogen and oxygen atoms in total. The van der Waals surface area contributed by atoms with Gasteiger partial charge in [-0.05, 0) is 80.9 Å². The third kappa shape index (κ3) is 7.97. The zero-order valence-corrected chi connectivity index (χ0v) is 26.6. The third-order valence-electron chi connectivity index (χ3n) is 9.22. The fourth-order valence-electron chi connectivity index (χ4n) is 6.98. The zero-order valence-electron chi connectivity index (χ0n) is 25.6. The van der Waals surface area contributed by atoms with Crippen molar-refractivity contribution in [2.24, 2.45) is 11.8 Å². The van der Waals surface area contributed by atoms with Crippen molar-refractivity contribution in [1.29, 1.82) is 0 Å². The number of aliphatic hydroxyl groups is 1. The molecular formula is C33H46FN5O3Si. The number of benzene rings is 2. The molecule has 1 aromatic heterocycles. The predicted octanol–water partition coefficient (Wildman–Crippen LogP) is 5.31. The Labute approximate surface area is 255 Å². The highest BCUT2D eigenvalue weighted by Gasteiger charge is 2.50.